The number of nitrogens with one attached hydrogen (secondary N) is 1. The molecule has 0 fully saturated rings. The number of ether oxygens (including phenoxy) is 1. The van der Waals surface area contributed by atoms with Gasteiger partial charge in [0.1, 0.15) is 5.75 Å². The van der Waals surface area contributed by atoms with E-state index in [0.29, 0.717) is 19.5 Å². The zero-order chi connectivity index (χ0) is 12.5. The molecule has 0 saturated carbocycles. The zero-order valence-electron chi connectivity index (χ0n) is 10.2. The number of aryl methyl sites for hydroxylation is 1. The molecule has 0 bridgehead atoms. The number of amides is 1. The lowest BCUT2D eigenvalue weighted by Gasteiger charge is -2.05. The maximum atomic E-state index is 11.4. The van der Waals surface area contributed by atoms with E-state index in [1.54, 1.807) is 7.11 Å². The fraction of sp³-hybridized carbons (Fsp3) is 0.462. The molecule has 0 unspecified atom stereocenters. The molecule has 1 amide bonds. The van der Waals surface area contributed by atoms with Gasteiger partial charge in [0.25, 0.3) is 0 Å². The van der Waals surface area contributed by atoms with Crippen molar-refractivity contribution in [3.05, 3.63) is 29.8 Å². The van der Waals surface area contributed by atoms with E-state index >= 15 is 0 Å². The summed E-state index contributed by atoms with van der Waals surface area (Å²) in [4.78, 5) is 11.4. The van der Waals surface area contributed by atoms with Crippen LogP contribution in [0.25, 0.3) is 0 Å². The maximum absolute atomic E-state index is 11.4. The van der Waals surface area contributed by atoms with E-state index in [1.165, 1.54) is 0 Å². The molecule has 0 atom stereocenters. The number of hydrogen-bond donors (Lipinski definition) is 2. The van der Waals surface area contributed by atoms with Crippen LogP contribution >= 0.6 is 0 Å². The molecule has 0 aliphatic rings. The lowest BCUT2D eigenvalue weighted by atomic mass is 10.1. The van der Waals surface area contributed by atoms with Crippen LogP contribution in [0.1, 0.15) is 18.4 Å². The molecule has 0 aromatic heterocycles. The Morgan fingerprint density at radius 3 is 2.65 bits per heavy atom. The monoisotopic (exact) mass is 236 g/mol. The van der Waals surface area contributed by atoms with Gasteiger partial charge < -0.3 is 15.8 Å². The van der Waals surface area contributed by atoms with E-state index in [4.69, 9.17) is 10.5 Å². The molecule has 1 aromatic rings. The summed E-state index contributed by atoms with van der Waals surface area (Å²) < 4.78 is 5.07. The number of carbonyl (C=O) groups is 1. The van der Waals surface area contributed by atoms with E-state index in [9.17, 15) is 4.79 Å². The van der Waals surface area contributed by atoms with Gasteiger partial charge in [0.15, 0.2) is 0 Å². The third kappa shape index (κ3) is 5.36. The quantitative estimate of drug-likeness (QED) is 0.697. The third-order valence-corrected chi connectivity index (χ3v) is 2.50. The Balaban J connectivity index is 2.27. The summed E-state index contributed by atoms with van der Waals surface area (Å²) in [6, 6.07) is 7.77. The van der Waals surface area contributed by atoms with Crippen molar-refractivity contribution in [2.24, 2.45) is 5.73 Å². The predicted molar refractivity (Wildman–Crippen MR) is 68.0 cm³/mol. The predicted octanol–water partition coefficient (Wildman–Crippen LogP) is 1.09. The average Bonchev–Trinajstić information content (AvgIpc) is 2.37. The maximum Gasteiger partial charge on any atom is 0.220 e. The number of carbonyl (C=O) groups excluding carboxylic acids is 1. The summed E-state index contributed by atoms with van der Waals surface area (Å²) in [6.45, 7) is 1.27. The standard InChI is InChI=1S/C13H20N2O2/c1-17-12-6-3-11(4-7-12)5-8-13(16)15-10-2-9-14/h3-4,6-7H,2,5,8-10,14H2,1H3,(H,15,16). The van der Waals surface area contributed by atoms with Crippen molar-refractivity contribution in [1.82, 2.24) is 5.32 Å². The summed E-state index contributed by atoms with van der Waals surface area (Å²) in [6.07, 6.45) is 2.09. The highest BCUT2D eigenvalue weighted by Gasteiger charge is 2.01. The summed E-state index contributed by atoms with van der Waals surface area (Å²) in [5.41, 5.74) is 6.48. The smallest absolute Gasteiger partial charge is 0.220 e. The molecule has 0 heterocycles. The molecule has 94 valence electrons. The second-order valence-electron chi connectivity index (χ2n) is 3.84. The second kappa shape index (κ2) is 7.68. The molecule has 1 aromatic carbocycles. The minimum atomic E-state index is 0.0780. The van der Waals surface area contributed by atoms with E-state index in [1.807, 2.05) is 24.3 Å². The van der Waals surface area contributed by atoms with Crippen molar-refractivity contribution in [3.8, 4) is 5.75 Å². The number of nitrogens with two attached hydrogens (primary N) is 1. The van der Waals surface area contributed by atoms with E-state index in [2.05, 4.69) is 5.32 Å². The third-order valence-electron chi connectivity index (χ3n) is 2.50. The lowest BCUT2D eigenvalue weighted by Crippen LogP contribution is -2.26. The van der Waals surface area contributed by atoms with Crippen molar-refractivity contribution in [2.45, 2.75) is 19.3 Å². The van der Waals surface area contributed by atoms with Gasteiger partial charge in [-0.3, -0.25) is 4.79 Å². The first-order chi connectivity index (χ1) is 8.26. The zero-order valence-corrected chi connectivity index (χ0v) is 10.2. The fourth-order valence-electron chi connectivity index (χ4n) is 1.47. The lowest BCUT2D eigenvalue weighted by molar-refractivity contribution is -0.121. The van der Waals surface area contributed by atoms with Crippen LogP contribution < -0.4 is 15.8 Å². The number of hydrogen-bond acceptors (Lipinski definition) is 3. The van der Waals surface area contributed by atoms with Crippen molar-refractivity contribution in [2.75, 3.05) is 20.2 Å². The molecule has 0 radical (unpaired) electrons. The molecule has 0 aliphatic heterocycles. The molecule has 3 N–H and O–H groups in total. The first-order valence-electron chi connectivity index (χ1n) is 5.86. The van der Waals surface area contributed by atoms with Gasteiger partial charge in [-0.15, -0.1) is 0 Å². The second-order valence-corrected chi connectivity index (χ2v) is 3.84. The van der Waals surface area contributed by atoms with Crippen molar-refractivity contribution < 1.29 is 9.53 Å². The first-order valence-corrected chi connectivity index (χ1v) is 5.86. The fourth-order valence-corrected chi connectivity index (χ4v) is 1.47. The average molecular weight is 236 g/mol. The van der Waals surface area contributed by atoms with Gasteiger partial charge in [-0.2, -0.15) is 0 Å². The highest BCUT2D eigenvalue weighted by Crippen LogP contribution is 2.12. The van der Waals surface area contributed by atoms with Crippen molar-refractivity contribution >= 4 is 5.91 Å². The van der Waals surface area contributed by atoms with Crippen LogP contribution in [0.5, 0.6) is 5.75 Å². The minimum Gasteiger partial charge on any atom is -0.497 e. The Morgan fingerprint density at radius 2 is 2.06 bits per heavy atom. The van der Waals surface area contributed by atoms with Crippen LogP contribution in [0.3, 0.4) is 0 Å². The Bertz CT molecular complexity index is 336. The highest BCUT2D eigenvalue weighted by molar-refractivity contribution is 5.76. The van der Waals surface area contributed by atoms with Crippen LogP contribution in [-0.2, 0) is 11.2 Å². The summed E-state index contributed by atoms with van der Waals surface area (Å²) in [5.74, 6) is 0.912. The van der Waals surface area contributed by atoms with Crippen LogP contribution in [0, 0.1) is 0 Å². The summed E-state index contributed by atoms with van der Waals surface area (Å²) in [5, 5.41) is 2.83. The Morgan fingerprint density at radius 1 is 1.35 bits per heavy atom. The molecule has 0 spiro atoms. The van der Waals surface area contributed by atoms with Crippen LogP contribution in [0.15, 0.2) is 24.3 Å². The molecule has 0 aliphatic carbocycles. The largest absolute Gasteiger partial charge is 0.497 e. The Hall–Kier alpha value is -1.55. The van der Waals surface area contributed by atoms with Gasteiger partial charge in [-0.25, -0.2) is 0 Å². The SMILES string of the molecule is COc1ccc(CCC(=O)NCCCN)cc1. The molecular formula is C13H20N2O2. The topological polar surface area (TPSA) is 64.3 Å². The Labute approximate surface area is 102 Å². The Kier molecular flexibility index (Phi) is 6.10. The van der Waals surface area contributed by atoms with Gasteiger partial charge in [0.05, 0.1) is 7.11 Å². The highest BCUT2D eigenvalue weighted by atomic mass is 16.5. The van der Waals surface area contributed by atoms with Gasteiger partial charge in [0, 0.05) is 13.0 Å². The number of rotatable bonds is 7. The van der Waals surface area contributed by atoms with Gasteiger partial charge in [-0.05, 0) is 37.1 Å². The molecule has 17 heavy (non-hydrogen) atoms. The van der Waals surface area contributed by atoms with E-state index < -0.39 is 0 Å². The molecule has 4 heteroatoms. The van der Waals surface area contributed by atoms with Gasteiger partial charge >= 0.3 is 0 Å². The van der Waals surface area contributed by atoms with E-state index in [-0.39, 0.29) is 5.91 Å². The van der Waals surface area contributed by atoms with Crippen molar-refractivity contribution in [3.63, 3.8) is 0 Å². The molecule has 1 rings (SSSR count). The van der Waals surface area contributed by atoms with Crippen LogP contribution in [0.4, 0.5) is 0 Å². The van der Waals surface area contributed by atoms with Crippen molar-refractivity contribution in [1.29, 1.82) is 0 Å². The molecule has 0 saturated heterocycles. The van der Waals surface area contributed by atoms with Crippen LogP contribution in [0.2, 0.25) is 0 Å². The van der Waals surface area contributed by atoms with E-state index in [0.717, 1.165) is 24.2 Å². The number of methoxy groups -OCH3 is 1. The number of benzene rings is 1. The molecule has 4 nitrogen and oxygen atoms in total. The molecular weight excluding hydrogens is 216 g/mol. The normalized spacial score (nSPS) is 10.0. The van der Waals surface area contributed by atoms with Gasteiger partial charge in [0.2, 0.25) is 5.91 Å². The summed E-state index contributed by atoms with van der Waals surface area (Å²) >= 11 is 0. The minimum absolute atomic E-state index is 0.0780. The first kappa shape index (κ1) is 13.5. The van der Waals surface area contributed by atoms with Crippen LogP contribution in [-0.4, -0.2) is 26.1 Å². The summed E-state index contributed by atoms with van der Waals surface area (Å²) in [7, 11) is 1.64. The van der Waals surface area contributed by atoms with Gasteiger partial charge in [-0.1, -0.05) is 12.1 Å².